The van der Waals surface area contributed by atoms with Gasteiger partial charge >= 0.3 is 6.09 Å². The monoisotopic (exact) mass is 368 g/mol. The number of imide groups is 1. The third-order valence-electron chi connectivity index (χ3n) is 6.34. The Morgan fingerprint density at radius 2 is 1.81 bits per heavy atom. The quantitative estimate of drug-likeness (QED) is 0.595. The highest BCUT2D eigenvalue weighted by molar-refractivity contribution is 6.23. The molecular formula is C21H24N2O4. The van der Waals surface area contributed by atoms with Gasteiger partial charge in [0.1, 0.15) is 0 Å². The van der Waals surface area contributed by atoms with Gasteiger partial charge in [0, 0.05) is 12.0 Å². The summed E-state index contributed by atoms with van der Waals surface area (Å²) in [5.41, 5.74) is 0.756. The first-order valence-electron chi connectivity index (χ1n) is 9.41. The van der Waals surface area contributed by atoms with Gasteiger partial charge in [-0.2, -0.15) is 0 Å². The van der Waals surface area contributed by atoms with Crippen molar-refractivity contribution in [3.8, 4) is 0 Å². The molecule has 27 heavy (non-hydrogen) atoms. The van der Waals surface area contributed by atoms with E-state index in [1.807, 2.05) is 45.0 Å². The molecule has 1 aromatic rings. The molecule has 2 bridgehead atoms. The smallest absolute Gasteiger partial charge is 0.410 e. The van der Waals surface area contributed by atoms with Crippen molar-refractivity contribution in [1.82, 2.24) is 4.90 Å². The topological polar surface area (TPSA) is 66.9 Å². The summed E-state index contributed by atoms with van der Waals surface area (Å²) in [6.07, 6.45) is 1.55. The van der Waals surface area contributed by atoms with Crippen LogP contribution in [0.5, 0.6) is 0 Å². The van der Waals surface area contributed by atoms with Crippen molar-refractivity contribution in [2.45, 2.75) is 39.3 Å². The van der Waals surface area contributed by atoms with Crippen molar-refractivity contribution in [3.05, 3.63) is 42.0 Å². The second kappa shape index (κ2) is 5.94. The zero-order valence-corrected chi connectivity index (χ0v) is 16.0. The summed E-state index contributed by atoms with van der Waals surface area (Å²) in [5.74, 6) is -1.65. The van der Waals surface area contributed by atoms with Gasteiger partial charge in [0.15, 0.2) is 0 Å². The van der Waals surface area contributed by atoms with E-state index in [1.54, 1.807) is 24.0 Å². The third kappa shape index (κ3) is 2.22. The number of rotatable bonds is 2. The minimum absolute atomic E-state index is 0.171. The SMILES string of the molecule is CCOC(=O)N1[C@H](C)[C@@H]2C(C)=C[C@@]1(C)[C@H]1C(=O)N(c3ccccc3)C(=O)[C@@H]21. The number of nitrogens with zero attached hydrogens (tertiary/aromatic N) is 2. The fourth-order valence-electron chi connectivity index (χ4n) is 5.48. The molecule has 6 nitrogen and oxygen atoms in total. The summed E-state index contributed by atoms with van der Waals surface area (Å²) in [6, 6.07) is 8.79. The van der Waals surface area contributed by atoms with Crippen molar-refractivity contribution in [2.24, 2.45) is 17.8 Å². The fraction of sp³-hybridized carbons (Fsp3) is 0.476. The molecule has 0 unspecified atom stereocenters. The molecule has 0 saturated carbocycles. The van der Waals surface area contributed by atoms with Gasteiger partial charge in [-0.25, -0.2) is 9.69 Å². The van der Waals surface area contributed by atoms with Crippen LogP contribution in [-0.2, 0) is 14.3 Å². The molecule has 142 valence electrons. The Kier molecular flexibility index (Phi) is 3.91. The Morgan fingerprint density at radius 3 is 2.44 bits per heavy atom. The highest BCUT2D eigenvalue weighted by Crippen LogP contribution is 2.56. The Hall–Kier alpha value is -2.63. The molecule has 3 heterocycles. The average Bonchev–Trinajstić information content (AvgIpc) is 2.87. The Morgan fingerprint density at radius 1 is 1.15 bits per heavy atom. The lowest BCUT2D eigenvalue weighted by molar-refractivity contribution is -0.135. The molecule has 2 fully saturated rings. The molecule has 3 aliphatic heterocycles. The number of fused-ring (bicyclic) bond motifs is 1. The van der Waals surface area contributed by atoms with E-state index in [2.05, 4.69) is 0 Å². The number of para-hydroxylation sites is 1. The van der Waals surface area contributed by atoms with Crippen LogP contribution in [0.15, 0.2) is 42.0 Å². The lowest BCUT2D eigenvalue weighted by Gasteiger charge is -2.58. The van der Waals surface area contributed by atoms with Gasteiger partial charge in [-0.1, -0.05) is 29.8 Å². The predicted molar refractivity (Wildman–Crippen MR) is 99.9 cm³/mol. The number of benzene rings is 1. The fourth-order valence-corrected chi connectivity index (χ4v) is 5.48. The maximum Gasteiger partial charge on any atom is 0.410 e. The first-order chi connectivity index (χ1) is 12.8. The molecule has 5 rings (SSSR count). The highest BCUT2D eigenvalue weighted by atomic mass is 16.6. The van der Waals surface area contributed by atoms with E-state index in [4.69, 9.17) is 4.74 Å². The van der Waals surface area contributed by atoms with Crippen molar-refractivity contribution in [3.63, 3.8) is 0 Å². The van der Waals surface area contributed by atoms with E-state index in [9.17, 15) is 14.4 Å². The molecule has 2 saturated heterocycles. The van der Waals surface area contributed by atoms with Crippen molar-refractivity contribution < 1.29 is 19.1 Å². The molecule has 3 amide bonds. The summed E-state index contributed by atoms with van der Waals surface area (Å²) in [5, 5.41) is 0. The van der Waals surface area contributed by atoms with Crippen LogP contribution in [0.2, 0.25) is 0 Å². The van der Waals surface area contributed by atoms with Gasteiger partial charge in [0.25, 0.3) is 0 Å². The summed E-state index contributed by atoms with van der Waals surface area (Å²) >= 11 is 0. The van der Waals surface area contributed by atoms with Crippen molar-refractivity contribution in [1.29, 1.82) is 0 Å². The number of anilines is 1. The molecule has 1 aromatic carbocycles. The molecule has 0 spiro atoms. The highest BCUT2D eigenvalue weighted by Gasteiger charge is 2.68. The van der Waals surface area contributed by atoms with Crippen LogP contribution in [0.4, 0.5) is 10.5 Å². The standard InChI is InChI=1S/C21H24N2O4/c1-5-27-20(26)23-13(3)15-12(2)11-21(23,4)17-16(15)18(24)22(19(17)25)14-9-7-6-8-10-14/h6-11,13,15-17H,5H2,1-4H3/t13-,15+,16+,17-,21+/m1/s1. The van der Waals surface area contributed by atoms with E-state index in [0.29, 0.717) is 5.69 Å². The van der Waals surface area contributed by atoms with Crippen LogP contribution in [0.25, 0.3) is 0 Å². The number of carbonyl (C=O) groups excluding carboxylic acids is 3. The predicted octanol–water partition coefficient (Wildman–Crippen LogP) is 2.99. The van der Waals surface area contributed by atoms with Crippen LogP contribution in [0, 0.1) is 17.8 Å². The zero-order chi connectivity index (χ0) is 19.5. The Bertz CT molecular complexity index is 849. The molecule has 4 aliphatic rings. The van der Waals surface area contributed by atoms with Crippen LogP contribution >= 0.6 is 0 Å². The largest absolute Gasteiger partial charge is 0.450 e. The second-order valence-electron chi connectivity index (χ2n) is 7.80. The van der Waals surface area contributed by atoms with Gasteiger partial charge in [0.05, 0.1) is 29.7 Å². The molecule has 0 radical (unpaired) electrons. The Balaban J connectivity index is 1.83. The molecular weight excluding hydrogens is 344 g/mol. The summed E-state index contributed by atoms with van der Waals surface area (Å²) < 4.78 is 5.27. The van der Waals surface area contributed by atoms with Gasteiger partial charge < -0.3 is 4.74 Å². The third-order valence-corrected chi connectivity index (χ3v) is 6.34. The average molecular weight is 368 g/mol. The van der Waals surface area contributed by atoms with Crippen LogP contribution in [-0.4, -0.2) is 41.0 Å². The molecule has 5 atom stereocenters. The lowest BCUT2D eigenvalue weighted by Crippen LogP contribution is -2.69. The number of ether oxygens (including phenoxy) is 1. The number of carbonyl (C=O) groups is 3. The minimum atomic E-state index is -0.883. The van der Waals surface area contributed by atoms with E-state index in [1.165, 1.54) is 4.90 Å². The minimum Gasteiger partial charge on any atom is -0.450 e. The normalized spacial score (nSPS) is 34.6. The molecule has 1 aliphatic carbocycles. The summed E-state index contributed by atoms with van der Waals surface area (Å²) in [4.78, 5) is 42.4. The van der Waals surface area contributed by atoms with Crippen molar-refractivity contribution >= 4 is 23.6 Å². The number of hydrogen-bond acceptors (Lipinski definition) is 4. The number of hydrogen-bond donors (Lipinski definition) is 0. The van der Waals surface area contributed by atoms with E-state index in [-0.39, 0.29) is 30.4 Å². The maximum atomic E-state index is 13.4. The van der Waals surface area contributed by atoms with E-state index >= 15 is 0 Å². The first kappa shape index (κ1) is 17.8. The summed E-state index contributed by atoms with van der Waals surface area (Å²) in [7, 11) is 0. The van der Waals surface area contributed by atoms with E-state index in [0.717, 1.165) is 5.57 Å². The molecule has 0 N–H and O–H groups in total. The van der Waals surface area contributed by atoms with Gasteiger partial charge in [-0.3, -0.25) is 14.5 Å². The maximum absolute atomic E-state index is 13.4. The first-order valence-corrected chi connectivity index (χ1v) is 9.41. The molecule has 6 heteroatoms. The van der Waals surface area contributed by atoms with Gasteiger partial charge in [0.2, 0.25) is 11.8 Å². The van der Waals surface area contributed by atoms with E-state index < -0.39 is 23.5 Å². The van der Waals surface area contributed by atoms with Gasteiger partial charge in [-0.15, -0.1) is 0 Å². The number of piperidine rings is 1. The van der Waals surface area contributed by atoms with Crippen LogP contribution in [0.3, 0.4) is 0 Å². The van der Waals surface area contributed by atoms with Crippen molar-refractivity contribution in [2.75, 3.05) is 11.5 Å². The molecule has 0 aromatic heterocycles. The van der Waals surface area contributed by atoms with Crippen LogP contribution < -0.4 is 4.90 Å². The zero-order valence-electron chi connectivity index (χ0n) is 16.0. The number of amides is 3. The van der Waals surface area contributed by atoms with Crippen LogP contribution in [0.1, 0.15) is 27.7 Å². The lowest BCUT2D eigenvalue weighted by atomic mass is 9.58. The Labute approximate surface area is 158 Å². The summed E-state index contributed by atoms with van der Waals surface area (Å²) in [6.45, 7) is 7.83. The van der Waals surface area contributed by atoms with Gasteiger partial charge in [-0.05, 0) is 39.8 Å². The second-order valence-corrected chi connectivity index (χ2v) is 7.80.